The molecule has 3 saturated carbocycles. The number of rotatable bonds is 5. The zero-order chi connectivity index (χ0) is 19.4. The van der Waals surface area contributed by atoms with Gasteiger partial charge in [0.2, 0.25) is 0 Å². The molecule has 1 aromatic carbocycles. The first-order chi connectivity index (χ1) is 14.1. The predicted octanol–water partition coefficient (Wildman–Crippen LogP) is 3.27. The van der Waals surface area contributed by atoms with Crippen molar-refractivity contribution < 1.29 is 18.9 Å². The number of ether oxygens (including phenoxy) is 2. The number of likely N-dealkylation sites (tertiary alicyclic amines) is 1. The van der Waals surface area contributed by atoms with Crippen LogP contribution in [0.5, 0.6) is 5.75 Å². The Bertz CT molecular complexity index is 908. The SMILES string of the molecule is O=C1CC[C@@]2(OCC3CC3)[C@H]3Cc4cccc5c4[C@@]2(CC[N+]3([O-])CC2CC2)C1O5. The highest BCUT2D eigenvalue weighted by atomic mass is 16.6. The molecule has 6 aliphatic rings. The van der Waals surface area contributed by atoms with Gasteiger partial charge < -0.3 is 19.3 Å². The van der Waals surface area contributed by atoms with Crippen molar-refractivity contribution in [1.29, 1.82) is 0 Å². The van der Waals surface area contributed by atoms with E-state index < -0.39 is 17.1 Å². The van der Waals surface area contributed by atoms with E-state index in [2.05, 4.69) is 6.07 Å². The molecule has 0 N–H and O–H groups in total. The van der Waals surface area contributed by atoms with E-state index >= 15 is 0 Å². The maximum absolute atomic E-state index is 14.4. The van der Waals surface area contributed by atoms with Crippen LogP contribution in [0, 0.1) is 17.0 Å². The van der Waals surface area contributed by atoms with Crippen molar-refractivity contribution in [3.63, 3.8) is 0 Å². The molecular formula is C24H29NO4. The van der Waals surface area contributed by atoms with Gasteiger partial charge in [-0.1, -0.05) is 12.1 Å². The van der Waals surface area contributed by atoms with Gasteiger partial charge in [0.15, 0.2) is 11.9 Å². The number of ketones is 1. The van der Waals surface area contributed by atoms with Crippen LogP contribution >= 0.6 is 0 Å². The van der Waals surface area contributed by atoms with E-state index in [1.54, 1.807) is 0 Å². The van der Waals surface area contributed by atoms with Crippen LogP contribution in [-0.4, -0.2) is 47.9 Å². The fourth-order valence-corrected chi connectivity index (χ4v) is 7.32. The molecule has 5 atom stereocenters. The van der Waals surface area contributed by atoms with E-state index in [9.17, 15) is 10.0 Å². The summed E-state index contributed by atoms with van der Waals surface area (Å²) in [7, 11) is 0. The maximum Gasteiger partial charge on any atom is 0.174 e. The van der Waals surface area contributed by atoms with Gasteiger partial charge in [0.05, 0.1) is 25.1 Å². The lowest BCUT2D eigenvalue weighted by atomic mass is 9.48. The second kappa shape index (κ2) is 5.43. The summed E-state index contributed by atoms with van der Waals surface area (Å²) in [6.45, 7) is 2.06. The van der Waals surface area contributed by atoms with Crippen molar-refractivity contribution in [3.05, 3.63) is 34.5 Å². The van der Waals surface area contributed by atoms with E-state index in [1.165, 1.54) is 36.8 Å². The van der Waals surface area contributed by atoms with Gasteiger partial charge in [0.25, 0.3) is 0 Å². The number of carbonyl (C=O) groups excluding carboxylic acids is 1. The monoisotopic (exact) mass is 395 g/mol. The first-order valence-electron chi connectivity index (χ1n) is 11.6. The van der Waals surface area contributed by atoms with Crippen LogP contribution in [0.4, 0.5) is 0 Å². The lowest BCUT2D eigenvalue weighted by molar-refractivity contribution is -0.924. The second-order valence-corrected chi connectivity index (χ2v) is 10.6. The Morgan fingerprint density at radius 2 is 2.00 bits per heavy atom. The zero-order valence-corrected chi connectivity index (χ0v) is 16.9. The Balaban J connectivity index is 1.44. The van der Waals surface area contributed by atoms with E-state index in [1.807, 2.05) is 12.1 Å². The van der Waals surface area contributed by atoms with Crippen LogP contribution in [0.15, 0.2) is 18.2 Å². The summed E-state index contributed by atoms with van der Waals surface area (Å²) < 4.78 is 13.2. The summed E-state index contributed by atoms with van der Waals surface area (Å²) in [6.07, 6.45) is 7.01. The summed E-state index contributed by atoms with van der Waals surface area (Å²) in [5.41, 5.74) is 1.43. The summed E-state index contributed by atoms with van der Waals surface area (Å²) in [5.74, 6) is 2.28. The predicted molar refractivity (Wildman–Crippen MR) is 106 cm³/mol. The number of hydrogen-bond acceptors (Lipinski definition) is 4. The second-order valence-electron chi connectivity index (χ2n) is 10.6. The molecule has 5 heteroatoms. The molecular weight excluding hydrogens is 366 g/mol. The third kappa shape index (κ3) is 2.09. The van der Waals surface area contributed by atoms with E-state index in [0.29, 0.717) is 37.6 Å². The highest BCUT2D eigenvalue weighted by Crippen LogP contribution is 2.66. The Labute approximate surface area is 171 Å². The third-order valence-corrected chi connectivity index (χ3v) is 8.98. The molecule has 0 aromatic heterocycles. The number of quaternary nitrogens is 1. The molecule has 2 heterocycles. The minimum Gasteiger partial charge on any atom is -0.632 e. The van der Waals surface area contributed by atoms with Crippen molar-refractivity contribution in [1.82, 2.24) is 0 Å². The minimum atomic E-state index is -0.553. The highest BCUT2D eigenvalue weighted by molar-refractivity contribution is 5.89. The molecule has 4 aliphatic carbocycles. The van der Waals surface area contributed by atoms with Crippen LogP contribution in [0.25, 0.3) is 0 Å². The molecule has 0 amide bonds. The average Bonchev–Trinajstić information content (AvgIpc) is 3.63. The van der Waals surface area contributed by atoms with Gasteiger partial charge in [-0.25, -0.2) is 0 Å². The van der Waals surface area contributed by atoms with Crippen LogP contribution in [0.3, 0.4) is 0 Å². The Morgan fingerprint density at radius 1 is 1.17 bits per heavy atom. The normalized spacial score (nSPS) is 44.4. The molecule has 0 radical (unpaired) electrons. The van der Waals surface area contributed by atoms with Gasteiger partial charge >= 0.3 is 0 Å². The van der Waals surface area contributed by atoms with E-state index in [4.69, 9.17) is 9.47 Å². The van der Waals surface area contributed by atoms with Crippen LogP contribution < -0.4 is 4.74 Å². The third-order valence-electron chi connectivity index (χ3n) is 8.98. The highest BCUT2D eigenvalue weighted by Gasteiger charge is 2.77. The molecule has 4 fully saturated rings. The lowest BCUT2D eigenvalue weighted by Crippen LogP contribution is -2.81. The number of benzene rings is 1. The van der Waals surface area contributed by atoms with E-state index in [-0.39, 0.29) is 16.5 Å². The smallest absolute Gasteiger partial charge is 0.174 e. The molecule has 7 rings (SSSR count). The van der Waals surface area contributed by atoms with Crippen molar-refractivity contribution in [2.45, 2.75) is 74.5 Å². The number of Topliss-reactive ketones (excluding diaryl/α,β-unsaturated/α-hetero) is 1. The van der Waals surface area contributed by atoms with Gasteiger partial charge in [0.1, 0.15) is 17.4 Å². The molecule has 1 aromatic rings. The van der Waals surface area contributed by atoms with Gasteiger partial charge in [-0.05, 0) is 49.7 Å². The van der Waals surface area contributed by atoms with E-state index in [0.717, 1.165) is 25.3 Å². The number of nitrogens with zero attached hydrogens (tertiary/aromatic N) is 1. The van der Waals surface area contributed by atoms with Crippen LogP contribution in [-0.2, 0) is 21.4 Å². The first-order valence-corrected chi connectivity index (χ1v) is 11.6. The summed E-state index contributed by atoms with van der Waals surface area (Å²) in [4.78, 5) is 13.1. The first kappa shape index (κ1) is 17.3. The number of hydrogen-bond donors (Lipinski definition) is 0. The lowest BCUT2D eigenvalue weighted by Gasteiger charge is -2.68. The molecule has 2 unspecified atom stereocenters. The number of carbonyl (C=O) groups is 1. The average molecular weight is 395 g/mol. The Hall–Kier alpha value is -1.43. The standard InChI is InChI=1S/C24H29NO4/c26-18-8-9-24(28-14-16-6-7-16)20-12-17-2-1-3-19-21(17)23(24,22(18)29-19)10-11-25(20,27)13-15-4-5-15/h1-3,15-16,20,22H,4-14H2/t20-,22?,23+,24-,25?/m1/s1. The molecule has 154 valence electrons. The van der Waals surface area contributed by atoms with Gasteiger partial charge in [-0.15, -0.1) is 0 Å². The molecule has 29 heavy (non-hydrogen) atoms. The summed E-state index contributed by atoms with van der Waals surface area (Å²) in [5, 5.41) is 14.4. The van der Waals surface area contributed by atoms with Gasteiger partial charge in [-0.3, -0.25) is 4.79 Å². The Morgan fingerprint density at radius 3 is 2.79 bits per heavy atom. The van der Waals surface area contributed by atoms with Gasteiger partial charge in [0, 0.05) is 30.7 Å². The maximum atomic E-state index is 14.4. The Kier molecular flexibility index (Phi) is 3.23. The topological polar surface area (TPSA) is 58.6 Å². The van der Waals surface area contributed by atoms with Crippen LogP contribution in [0.2, 0.25) is 0 Å². The van der Waals surface area contributed by atoms with Crippen molar-refractivity contribution in [2.24, 2.45) is 11.8 Å². The fraction of sp³-hybridized carbons (Fsp3) is 0.708. The zero-order valence-electron chi connectivity index (χ0n) is 16.9. The number of hydroxylamine groups is 3. The molecule has 5 nitrogen and oxygen atoms in total. The number of piperidine rings is 1. The van der Waals surface area contributed by atoms with Crippen molar-refractivity contribution in [3.8, 4) is 5.75 Å². The summed E-state index contributed by atoms with van der Waals surface area (Å²) >= 11 is 0. The fourth-order valence-electron chi connectivity index (χ4n) is 7.32. The molecule has 2 bridgehead atoms. The molecule has 2 aliphatic heterocycles. The van der Waals surface area contributed by atoms with Gasteiger partial charge in [-0.2, -0.15) is 0 Å². The largest absolute Gasteiger partial charge is 0.632 e. The van der Waals surface area contributed by atoms with Crippen molar-refractivity contribution >= 4 is 5.78 Å². The minimum absolute atomic E-state index is 0.115. The molecule has 1 saturated heterocycles. The van der Waals surface area contributed by atoms with Crippen LogP contribution in [0.1, 0.15) is 56.1 Å². The van der Waals surface area contributed by atoms with Crippen molar-refractivity contribution in [2.75, 3.05) is 19.7 Å². The summed E-state index contributed by atoms with van der Waals surface area (Å²) in [6, 6.07) is 6.09. The molecule has 1 spiro atoms. The quantitative estimate of drug-likeness (QED) is 0.567.